The zero-order valence-electron chi connectivity index (χ0n) is 21.4. The normalized spacial score (nSPS) is 12.2. The van der Waals surface area contributed by atoms with Gasteiger partial charge in [0.25, 0.3) is 5.91 Å². The molecule has 2 amide bonds. The summed E-state index contributed by atoms with van der Waals surface area (Å²) in [5.41, 5.74) is 5.93. The van der Waals surface area contributed by atoms with Crippen LogP contribution in [0.25, 0.3) is 27.5 Å². The number of aryl methyl sites for hydroxylation is 1. The Morgan fingerprint density at radius 1 is 1.19 bits per heavy atom. The van der Waals surface area contributed by atoms with Crippen molar-refractivity contribution in [2.75, 3.05) is 19.4 Å². The molecule has 1 N–H and O–H groups in total. The number of hydrogen-bond acceptors (Lipinski definition) is 7. The largest absolute Gasteiger partial charge is 0.489 e. The first kappa shape index (κ1) is 24.6. The van der Waals surface area contributed by atoms with Gasteiger partial charge in [-0.05, 0) is 57.0 Å². The van der Waals surface area contributed by atoms with Gasteiger partial charge in [0.05, 0.1) is 28.1 Å². The monoisotopic (exact) mass is 516 g/mol. The summed E-state index contributed by atoms with van der Waals surface area (Å²) in [5, 5.41) is 8.45. The lowest BCUT2D eigenvalue weighted by molar-refractivity contribution is -0.114. The lowest BCUT2D eigenvalue weighted by atomic mass is 9.95. The van der Waals surface area contributed by atoms with Crippen molar-refractivity contribution in [2.24, 2.45) is 0 Å². The first-order valence-electron chi connectivity index (χ1n) is 12.1. The second-order valence-electron chi connectivity index (χ2n) is 9.35. The Balaban J connectivity index is 1.75. The smallest absolute Gasteiger partial charge is 0.253 e. The van der Waals surface area contributed by atoms with Crippen molar-refractivity contribution < 1.29 is 14.3 Å². The number of carbonyl (C=O) groups excluding carboxylic acids is 2. The van der Waals surface area contributed by atoms with Gasteiger partial charge in [-0.3, -0.25) is 14.6 Å². The number of benzene rings is 1. The van der Waals surface area contributed by atoms with Gasteiger partial charge in [0.1, 0.15) is 11.4 Å². The van der Waals surface area contributed by atoms with Gasteiger partial charge in [-0.2, -0.15) is 5.10 Å². The molecule has 0 radical (unpaired) electrons. The Hall–Kier alpha value is -4.05. The van der Waals surface area contributed by atoms with Crippen LogP contribution in [0.4, 0.5) is 5.13 Å². The number of anilines is 1. The standard InChI is InChI=1S/C27H28N6O3S/c1-15(2)36-22-13-17(26(35)32(4)5)8-11-21(22)33-24-19(23(31-33)18-7-6-12-28-14-18)9-10-20-25(24)37-27(30-20)29-16(3)34/h6-8,11-15H,9-10H2,1-5H3,(H,29,30,34). The van der Waals surface area contributed by atoms with Crippen molar-refractivity contribution >= 4 is 28.3 Å². The Morgan fingerprint density at radius 2 is 2.00 bits per heavy atom. The molecule has 5 rings (SSSR count). The number of pyridine rings is 1. The van der Waals surface area contributed by atoms with E-state index in [0.29, 0.717) is 16.4 Å². The second kappa shape index (κ2) is 9.78. The fourth-order valence-corrected chi connectivity index (χ4v) is 5.53. The summed E-state index contributed by atoms with van der Waals surface area (Å²) < 4.78 is 8.09. The van der Waals surface area contributed by atoms with Crippen LogP contribution in [0.3, 0.4) is 0 Å². The fraction of sp³-hybridized carbons (Fsp3) is 0.296. The van der Waals surface area contributed by atoms with Crippen LogP contribution in [0.2, 0.25) is 0 Å². The number of hydrogen-bond donors (Lipinski definition) is 1. The summed E-state index contributed by atoms with van der Waals surface area (Å²) in [6, 6.07) is 9.33. The number of nitrogens with zero attached hydrogens (tertiary/aromatic N) is 5. The average Bonchev–Trinajstić information content (AvgIpc) is 3.44. The highest BCUT2D eigenvalue weighted by Crippen LogP contribution is 2.45. The molecule has 1 aliphatic rings. The predicted molar refractivity (Wildman–Crippen MR) is 143 cm³/mol. The molecule has 4 aromatic rings. The maximum absolute atomic E-state index is 12.7. The molecular formula is C27H28N6O3S. The van der Waals surface area contributed by atoms with E-state index in [4.69, 9.17) is 9.84 Å². The zero-order valence-corrected chi connectivity index (χ0v) is 22.2. The van der Waals surface area contributed by atoms with E-state index in [2.05, 4.69) is 15.3 Å². The van der Waals surface area contributed by atoms with Gasteiger partial charge < -0.3 is 15.0 Å². The summed E-state index contributed by atoms with van der Waals surface area (Å²) >= 11 is 1.43. The van der Waals surface area contributed by atoms with Crippen LogP contribution >= 0.6 is 11.3 Å². The molecule has 190 valence electrons. The number of rotatable bonds is 6. The van der Waals surface area contributed by atoms with Crippen molar-refractivity contribution in [3.05, 3.63) is 59.5 Å². The van der Waals surface area contributed by atoms with Gasteiger partial charge in [-0.15, -0.1) is 0 Å². The first-order chi connectivity index (χ1) is 17.7. The van der Waals surface area contributed by atoms with Crippen molar-refractivity contribution in [2.45, 2.75) is 39.7 Å². The molecule has 0 saturated heterocycles. The average molecular weight is 517 g/mol. The van der Waals surface area contributed by atoms with E-state index in [1.54, 1.807) is 32.4 Å². The van der Waals surface area contributed by atoms with Gasteiger partial charge in [-0.25, -0.2) is 9.67 Å². The third-order valence-corrected chi connectivity index (χ3v) is 6.95. The van der Waals surface area contributed by atoms with E-state index < -0.39 is 0 Å². The molecule has 1 aliphatic carbocycles. The van der Waals surface area contributed by atoms with E-state index in [1.807, 2.05) is 42.9 Å². The number of amides is 2. The lowest BCUT2D eigenvalue weighted by Crippen LogP contribution is -2.22. The molecule has 9 nitrogen and oxygen atoms in total. The molecule has 0 spiro atoms. The highest BCUT2D eigenvalue weighted by Gasteiger charge is 2.31. The number of fused-ring (bicyclic) bond motifs is 3. The SMILES string of the molecule is CC(=O)Nc1nc2c(s1)-c1c(c(-c3cccnc3)nn1-c1ccc(C(=O)N(C)C)cc1OC(C)C)CC2. The van der Waals surface area contributed by atoms with Crippen LogP contribution in [0, 0.1) is 0 Å². The Bertz CT molecular complexity index is 1490. The van der Waals surface area contributed by atoms with E-state index in [1.165, 1.54) is 23.2 Å². The van der Waals surface area contributed by atoms with Gasteiger partial charge >= 0.3 is 0 Å². The zero-order chi connectivity index (χ0) is 26.3. The molecular weight excluding hydrogens is 488 g/mol. The molecule has 0 aliphatic heterocycles. The number of thiazole rings is 1. The molecule has 0 saturated carbocycles. The Labute approximate surface area is 219 Å². The van der Waals surface area contributed by atoms with Crippen molar-refractivity contribution in [3.8, 4) is 33.3 Å². The Morgan fingerprint density at radius 3 is 2.68 bits per heavy atom. The van der Waals surface area contributed by atoms with Gasteiger partial charge in [0.2, 0.25) is 5.91 Å². The minimum Gasteiger partial charge on any atom is -0.489 e. The van der Waals surface area contributed by atoms with E-state index in [0.717, 1.165) is 51.6 Å². The van der Waals surface area contributed by atoms with E-state index in [9.17, 15) is 9.59 Å². The highest BCUT2D eigenvalue weighted by atomic mass is 32.1. The van der Waals surface area contributed by atoms with Crippen molar-refractivity contribution in [1.29, 1.82) is 0 Å². The third kappa shape index (κ3) is 4.72. The van der Waals surface area contributed by atoms with Crippen LogP contribution in [0.15, 0.2) is 42.7 Å². The molecule has 37 heavy (non-hydrogen) atoms. The molecule has 10 heteroatoms. The molecule has 3 heterocycles. The van der Waals surface area contributed by atoms with Crippen LogP contribution < -0.4 is 10.1 Å². The van der Waals surface area contributed by atoms with Crippen LogP contribution in [-0.4, -0.2) is 56.7 Å². The maximum atomic E-state index is 12.7. The fourth-order valence-electron chi connectivity index (χ4n) is 4.41. The van der Waals surface area contributed by atoms with Crippen molar-refractivity contribution in [3.63, 3.8) is 0 Å². The van der Waals surface area contributed by atoms with Crippen molar-refractivity contribution in [1.82, 2.24) is 24.6 Å². The second-order valence-corrected chi connectivity index (χ2v) is 10.4. The minimum atomic E-state index is -0.162. The molecule has 0 bridgehead atoms. The quantitative estimate of drug-likeness (QED) is 0.402. The maximum Gasteiger partial charge on any atom is 0.253 e. The number of aromatic nitrogens is 4. The summed E-state index contributed by atoms with van der Waals surface area (Å²) in [6.45, 7) is 5.37. The number of ether oxygens (including phenoxy) is 1. The van der Waals surface area contributed by atoms with Gasteiger partial charge in [-0.1, -0.05) is 11.3 Å². The molecule has 0 unspecified atom stereocenters. The lowest BCUT2D eigenvalue weighted by Gasteiger charge is -2.19. The number of nitrogens with one attached hydrogen (secondary N) is 1. The summed E-state index contributed by atoms with van der Waals surface area (Å²) in [5.74, 6) is 0.289. The van der Waals surface area contributed by atoms with E-state index >= 15 is 0 Å². The minimum absolute atomic E-state index is 0.108. The summed E-state index contributed by atoms with van der Waals surface area (Å²) in [7, 11) is 3.45. The predicted octanol–water partition coefficient (Wildman–Crippen LogP) is 4.60. The molecule has 3 aromatic heterocycles. The molecule has 1 aromatic carbocycles. The first-order valence-corrected chi connectivity index (χ1v) is 12.9. The summed E-state index contributed by atoms with van der Waals surface area (Å²) in [6.07, 6.45) is 4.92. The number of carbonyl (C=O) groups is 2. The molecule has 0 atom stereocenters. The van der Waals surface area contributed by atoms with Crippen LogP contribution in [0.5, 0.6) is 5.75 Å². The van der Waals surface area contributed by atoms with Gasteiger partial charge in [0.15, 0.2) is 5.13 Å². The third-order valence-electron chi connectivity index (χ3n) is 5.93. The van der Waals surface area contributed by atoms with Gasteiger partial charge in [0, 0.05) is 50.1 Å². The van der Waals surface area contributed by atoms with Crippen LogP contribution in [0.1, 0.15) is 42.4 Å². The topological polar surface area (TPSA) is 102 Å². The van der Waals surface area contributed by atoms with Crippen LogP contribution in [-0.2, 0) is 17.6 Å². The Kier molecular flexibility index (Phi) is 6.51. The summed E-state index contributed by atoms with van der Waals surface area (Å²) in [4.78, 5) is 35.9. The molecule has 0 fully saturated rings. The van der Waals surface area contributed by atoms with E-state index in [-0.39, 0.29) is 17.9 Å². The highest BCUT2D eigenvalue weighted by molar-refractivity contribution is 7.19.